The predicted octanol–water partition coefficient (Wildman–Crippen LogP) is 6.13. The molecular formula is C26H22F3N3O3. The third-order valence-corrected chi connectivity index (χ3v) is 5.81. The molecule has 1 amide bonds. The molecule has 3 N–H and O–H groups in total. The van der Waals surface area contributed by atoms with Gasteiger partial charge in [-0.15, -0.1) is 0 Å². The lowest BCUT2D eigenvalue weighted by Crippen LogP contribution is -2.29. The molecule has 0 aliphatic rings. The highest BCUT2D eigenvalue weighted by molar-refractivity contribution is 6.09. The summed E-state index contributed by atoms with van der Waals surface area (Å²) in [6.45, 7) is 1.78. The van der Waals surface area contributed by atoms with Gasteiger partial charge in [-0.1, -0.05) is 30.3 Å². The number of hydrogen-bond donors (Lipinski definition) is 3. The van der Waals surface area contributed by atoms with Crippen LogP contribution in [0.5, 0.6) is 0 Å². The molecule has 0 bridgehead atoms. The van der Waals surface area contributed by atoms with Crippen LogP contribution in [0.1, 0.15) is 44.9 Å². The number of nitrogens with one attached hydrogen (secondary N) is 2. The summed E-state index contributed by atoms with van der Waals surface area (Å²) in [7, 11) is 1.74. The third-order valence-electron chi connectivity index (χ3n) is 5.81. The number of nitrogens with zero attached hydrogens (tertiary/aromatic N) is 1. The van der Waals surface area contributed by atoms with Crippen molar-refractivity contribution in [2.75, 3.05) is 5.32 Å². The number of alkyl halides is 3. The van der Waals surface area contributed by atoms with Crippen LogP contribution in [-0.2, 0) is 13.2 Å². The summed E-state index contributed by atoms with van der Waals surface area (Å²) in [5.74, 6) is -1.43. The van der Waals surface area contributed by atoms with Crippen LogP contribution in [0.4, 0.5) is 24.5 Å². The highest BCUT2D eigenvalue weighted by Gasteiger charge is 2.30. The van der Waals surface area contributed by atoms with Gasteiger partial charge in [-0.05, 0) is 55.0 Å². The van der Waals surface area contributed by atoms with E-state index in [1.165, 1.54) is 24.3 Å². The van der Waals surface area contributed by atoms with Crippen molar-refractivity contribution < 1.29 is 27.9 Å². The molecule has 1 atom stereocenters. The number of para-hydroxylation sites is 1. The van der Waals surface area contributed by atoms with E-state index in [2.05, 4.69) is 10.6 Å². The Kier molecular flexibility index (Phi) is 6.26. The number of carboxylic acid groups (broad SMARTS) is 1. The maximum absolute atomic E-state index is 13.4. The molecule has 4 aromatic rings. The number of hydrogen-bond acceptors (Lipinski definition) is 3. The van der Waals surface area contributed by atoms with E-state index in [9.17, 15) is 22.8 Å². The van der Waals surface area contributed by atoms with Crippen LogP contribution >= 0.6 is 0 Å². The molecule has 35 heavy (non-hydrogen) atoms. The minimum atomic E-state index is -4.44. The molecule has 4 rings (SSSR count). The fraction of sp³-hybridized carbons (Fsp3) is 0.154. The fourth-order valence-electron chi connectivity index (χ4n) is 3.94. The minimum Gasteiger partial charge on any atom is -0.478 e. The first-order chi connectivity index (χ1) is 16.6. The van der Waals surface area contributed by atoms with Crippen molar-refractivity contribution in [2.45, 2.75) is 19.1 Å². The number of aromatic carboxylic acids is 1. The van der Waals surface area contributed by atoms with E-state index < -0.39 is 29.7 Å². The number of aryl methyl sites for hydroxylation is 1. The van der Waals surface area contributed by atoms with Crippen LogP contribution in [0.3, 0.4) is 0 Å². The quantitative estimate of drug-likeness (QED) is 0.309. The van der Waals surface area contributed by atoms with Gasteiger partial charge in [0, 0.05) is 18.1 Å². The van der Waals surface area contributed by atoms with Gasteiger partial charge in [-0.25, -0.2) is 4.79 Å². The van der Waals surface area contributed by atoms with Crippen molar-refractivity contribution in [3.63, 3.8) is 0 Å². The van der Waals surface area contributed by atoms with Crippen molar-refractivity contribution >= 4 is 34.2 Å². The number of aromatic nitrogens is 1. The van der Waals surface area contributed by atoms with Crippen molar-refractivity contribution in [2.24, 2.45) is 7.05 Å². The van der Waals surface area contributed by atoms with Crippen LogP contribution in [0.25, 0.3) is 10.9 Å². The third kappa shape index (κ3) is 4.84. The van der Waals surface area contributed by atoms with Gasteiger partial charge >= 0.3 is 12.1 Å². The van der Waals surface area contributed by atoms with Crippen molar-refractivity contribution in [3.8, 4) is 0 Å². The molecule has 6 nitrogen and oxygen atoms in total. The van der Waals surface area contributed by atoms with Crippen LogP contribution < -0.4 is 10.6 Å². The van der Waals surface area contributed by atoms with E-state index >= 15 is 0 Å². The second-order valence-corrected chi connectivity index (χ2v) is 8.12. The molecule has 0 spiro atoms. The number of carbonyl (C=O) groups is 2. The molecule has 0 radical (unpaired) electrons. The van der Waals surface area contributed by atoms with Gasteiger partial charge in [-0.2, -0.15) is 13.2 Å². The van der Waals surface area contributed by atoms with Gasteiger partial charge in [0.05, 0.1) is 28.4 Å². The van der Waals surface area contributed by atoms with Gasteiger partial charge < -0.3 is 20.3 Å². The van der Waals surface area contributed by atoms with Gasteiger partial charge in [0.1, 0.15) is 5.69 Å². The van der Waals surface area contributed by atoms with E-state index in [1.807, 2.05) is 24.3 Å². The number of rotatable bonds is 6. The average molecular weight is 481 g/mol. The van der Waals surface area contributed by atoms with Crippen LogP contribution in [0.2, 0.25) is 0 Å². The molecular weight excluding hydrogens is 459 g/mol. The van der Waals surface area contributed by atoms with E-state index in [-0.39, 0.29) is 5.56 Å². The summed E-state index contributed by atoms with van der Waals surface area (Å²) in [5.41, 5.74) is 2.05. The van der Waals surface area contributed by atoms with Crippen LogP contribution in [0.15, 0.2) is 72.8 Å². The Bertz CT molecular complexity index is 1390. The molecule has 0 saturated carbocycles. The highest BCUT2D eigenvalue weighted by atomic mass is 19.4. The Morgan fingerprint density at radius 2 is 1.57 bits per heavy atom. The molecule has 3 aromatic carbocycles. The highest BCUT2D eigenvalue weighted by Crippen LogP contribution is 2.35. The largest absolute Gasteiger partial charge is 0.478 e. The topological polar surface area (TPSA) is 83.4 Å². The summed E-state index contributed by atoms with van der Waals surface area (Å²) in [4.78, 5) is 24.5. The Labute approximate surface area is 199 Å². The summed E-state index contributed by atoms with van der Waals surface area (Å²) in [5, 5.41) is 15.9. The molecule has 9 heteroatoms. The molecule has 180 valence electrons. The minimum absolute atomic E-state index is 0.143. The summed E-state index contributed by atoms with van der Waals surface area (Å²) in [6, 6.07) is 17.7. The number of fused-ring (bicyclic) bond motifs is 1. The Morgan fingerprint density at radius 3 is 2.17 bits per heavy atom. The van der Waals surface area contributed by atoms with Gasteiger partial charge in [0.25, 0.3) is 5.91 Å². The maximum Gasteiger partial charge on any atom is 0.416 e. The number of carboxylic acids is 1. The maximum atomic E-state index is 13.4. The molecule has 0 saturated heterocycles. The molecule has 0 fully saturated rings. The first kappa shape index (κ1) is 23.9. The second kappa shape index (κ2) is 9.17. The summed E-state index contributed by atoms with van der Waals surface area (Å²) >= 11 is 0. The van der Waals surface area contributed by atoms with E-state index in [4.69, 9.17) is 5.11 Å². The summed E-state index contributed by atoms with van der Waals surface area (Å²) in [6.07, 6.45) is -4.44. The van der Waals surface area contributed by atoms with Crippen LogP contribution in [-0.4, -0.2) is 21.6 Å². The van der Waals surface area contributed by atoms with Gasteiger partial charge in [0.2, 0.25) is 0 Å². The number of amides is 1. The van der Waals surface area contributed by atoms with Gasteiger partial charge in [-0.3, -0.25) is 4.79 Å². The molecule has 1 aromatic heterocycles. The summed E-state index contributed by atoms with van der Waals surface area (Å²) < 4.78 is 40.6. The predicted molar refractivity (Wildman–Crippen MR) is 127 cm³/mol. The number of carbonyl (C=O) groups excluding carboxylic acids is 1. The molecule has 0 aliphatic heterocycles. The average Bonchev–Trinajstić information content (AvgIpc) is 3.10. The van der Waals surface area contributed by atoms with E-state index in [1.54, 1.807) is 30.7 Å². The van der Waals surface area contributed by atoms with Crippen molar-refractivity contribution in [1.82, 2.24) is 9.88 Å². The molecule has 1 unspecified atom stereocenters. The van der Waals surface area contributed by atoms with Crippen molar-refractivity contribution in [3.05, 3.63) is 95.2 Å². The number of benzene rings is 3. The second-order valence-electron chi connectivity index (χ2n) is 8.12. The zero-order valence-corrected chi connectivity index (χ0v) is 18.9. The zero-order valence-electron chi connectivity index (χ0n) is 18.9. The first-order valence-electron chi connectivity index (χ1n) is 10.7. The SMILES string of the molecule is CC(NC(=O)c1c(Nc2ccc(C(F)(F)F)cc2)c2ccccc2n1C)c1ccc(C(=O)O)cc1. The monoisotopic (exact) mass is 481 g/mol. The molecule has 1 heterocycles. The smallest absolute Gasteiger partial charge is 0.416 e. The lowest BCUT2D eigenvalue weighted by atomic mass is 10.1. The van der Waals surface area contributed by atoms with Crippen molar-refractivity contribution in [1.29, 1.82) is 0 Å². The van der Waals surface area contributed by atoms with Crippen LogP contribution in [0, 0.1) is 0 Å². The number of anilines is 2. The molecule has 0 aliphatic carbocycles. The first-order valence-corrected chi connectivity index (χ1v) is 10.7. The van der Waals surface area contributed by atoms with E-state index in [0.29, 0.717) is 17.1 Å². The lowest BCUT2D eigenvalue weighted by Gasteiger charge is -2.17. The fourth-order valence-corrected chi connectivity index (χ4v) is 3.94. The van der Waals surface area contributed by atoms with Gasteiger partial charge in [0.15, 0.2) is 0 Å². The Morgan fingerprint density at radius 1 is 0.943 bits per heavy atom. The van der Waals surface area contributed by atoms with E-state index in [0.717, 1.165) is 28.6 Å². The lowest BCUT2D eigenvalue weighted by molar-refractivity contribution is -0.137. The standard InChI is InChI=1S/C26H22F3N3O3/c1-15(16-7-9-17(10-8-16)25(34)35)30-24(33)23-22(20-5-3-4-6-21(20)32(23)2)31-19-13-11-18(12-14-19)26(27,28)29/h3-15,31H,1-2H3,(H,30,33)(H,34,35). The zero-order chi connectivity index (χ0) is 25.3. The Hall–Kier alpha value is -4.27. The number of halogens is 3. The Balaban J connectivity index is 1.66. The normalized spacial score (nSPS) is 12.4.